The zero-order valence-electron chi connectivity index (χ0n) is 11.1. The number of imidazole rings is 1. The Morgan fingerprint density at radius 3 is 2.53 bits per heavy atom. The van der Waals surface area contributed by atoms with Gasteiger partial charge in [0.2, 0.25) is 0 Å². The molecule has 1 aromatic heterocycles. The van der Waals surface area contributed by atoms with E-state index in [1.807, 2.05) is 17.8 Å². The van der Waals surface area contributed by atoms with Crippen LogP contribution in [0.3, 0.4) is 0 Å². The lowest BCUT2D eigenvalue weighted by Gasteiger charge is -2.06. The number of ketones is 1. The van der Waals surface area contributed by atoms with Gasteiger partial charge in [-0.15, -0.1) is 0 Å². The standard InChI is InChI=1S/C14H15FN2OS/c1-9-6-11(7-10(2)13(9)15)12(18)8-19-14-16-4-5-17(14)3/h4-7H,8H2,1-3H3. The lowest BCUT2D eigenvalue weighted by Crippen LogP contribution is -2.05. The highest BCUT2D eigenvalue weighted by Gasteiger charge is 2.12. The van der Waals surface area contributed by atoms with Crippen LogP contribution in [0.1, 0.15) is 21.5 Å². The predicted octanol–water partition coefficient (Wildman–Crippen LogP) is 3.15. The molecule has 19 heavy (non-hydrogen) atoms. The van der Waals surface area contributed by atoms with E-state index in [9.17, 15) is 9.18 Å². The van der Waals surface area contributed by atoms with Crippen LogP contribution in [0.5, 0.6) is 0 Å². The molecule has 100 valence electrons. The maximum atomic E-state index is 13.5. The van der Waals surface area contributed by atoms with E-state index in [0.29, 0.717) is 22.4 Å². The van der Waals surface area contributed by atoms with E-state index in [1.54, 1.807) is 32.2 Å². The Kier molecular flexibility index (Phi) is 4.04. The number of carbonyl (C=O) groups is 1. The molecule has 0 bridgehead atoms. The summed E-state index contributed by atoms with van der Waals surface area (Å²) in [4.78, 5) is 16.2. The number of hydrogen-bond acceptors (Lipinski definition) is 3. The van der Waals surface area contributed by atoms with Crippen LogP contribution >= 0.6 is 11.8 Å². The summed E-state index contributed by atoms with van der Waals surface area (Å²) in [6.45, 7) is 3.34. The first-order valence-electron chi connectivity index (χ1n) is 5.89. The highest BCUT2D eigenvalue weighted by molar-refractivity contribution is 7.99. The Balaban J connectivity index is 2.10. The predicted molar refractivity (Wildman–Crippen MR) is 74.1 cm³/mol. The van der Waals surface area contributed by atoms with Gasteiger partial charge in [-0.05, 0) is 37.1 Å². The number of aryl methyl sites for hydroxylation is 3. The molecule has 0 amide bonds. The van der Waals surface area contributed by atoms with Crippen LogP contribution in [0.4, 0.5) is 4.39 Å². The molecular formula is C14H15FN2OS. The molecule has 0 radical (unpaired) electrons. The fraction of sp³-hybridized carbons (Fsp3) is 0.286. The molecule has 0 saturated carbocycles. The van der Waals surface area contributed by atoms with Crippen molar-refractivity contribution in [3.05, 3.63) is 47.0 Å². The molecule has 1 heterocycles. The summed E-state index contributed by atoms with van der Waals surface area (Å²) in [6.07, 6.45) is 3.53. The zero-order valence-corrected chi connectivity index (χ0v) is 11.9. The molecule has 0 saturated heterocycles. The summed E-state index contributed by atoms with van der Waals surface area (Å²) in [5.41, 5.74) is 1.56. The monoisotopic (exact) mass is 278 g/mol. The van der Waals surface area contributed by atoms with E-state index in [2.05, 4.69) is 4.98 Å². The lowest BCUT2D eigenvalue weighted by atomic mass is 10.0. The minimum absolute atomic E-state index is 0.0146. The van der Waals surface area contributed by atoms with Crippen LogP contribution in [-0.4, -0.2) is 21.1 Å². The van der Waals surface area contributed by atoms with E-state index in [0.717, 1.165) is 5.16 Å². The van der Waals surface area contributed by atoms with E-state index in [1.165, 1.54) is 11.8 Å². The maximum absolute atomic E-state index is 13.5. The highest BCUT2D eigenvalue weighted by atomic mass is 32.2. The molecule has 3 nitrogen and oxygen atoms in total. The van der Waals surface area contributed by atoms with Gasteiger partial charge in [0.15, 0.2) is 10.9 Å². The summed E-state index contributed by atoms with van der Waals surface area (Å²) in [5.74, 6) is 0.0440. The zero-order chi connectivity index (χ0) is 14.0. The van der Waals surface area contributed by atoms with Crippen molar-refractivity contribution in [2.75, 3.05) is 5.75 Å². The largest absolute Gasteiger partial charge is 0.329 e. The van der Waals surface area contributed by atoms with Gasteiger partial charge >= 0.3 is 0 Å². The van der Waals surface area contributed by atoms with E-state index < -0.39 is 0 Å². The molecule has 0 N–H and O–H groups in total. The number of Topliss-reactive ketones (excluding diaryl/α,β-unsaturated/α-hetero) is 1. The Morgan fingerprint density at radius 1 is 1.37 bits per heavy atom. The summed E-state index contributed by atoms with van der Waals surface area (Å²) in [5, 5.41) is 0.795. The van der Waals surface area contributed by atoms with Gasteiger partial charge in [-0.1, -0.05) is 11.8 Å². The number of nitrogens with zero attached hydrogens (tertiary/aromatic N) is 2. The Labute approximate surface area is 115 Å². The molecule has 0 aliphatic carbocycles. The SMILES string of the molecule is Cc1cc(C(=O)CSc2nccn2C)cc(C)c1F. The lowest BCUT2D eigenvalue weighted by molar-refractivity contribution is 0.102. The van der Waals surface area contributed by atoms with Crippen LogP contribution in [0, 0.1) is 19.7 Å². The minimum atomic E-state index is -0.242. The molecule has 2 aromatic rings. The number of rotatable bonds is 4. The highest BCUT2D eigenvalue weighted by Crippen LogP contribution is 2.19. The summed E-state index contributed by atoms with van der Waals surface area (Å²) >= 11 is 1.38. The van der Waals surface area contributed by atoms with Crippen molar-refractivity contribution < 1.29 is 9.18 Å². The molecule has 2 rings (SSSR count). The van der Waals surface area contributed by atoms with E-state index >= 15 is 0 Å². The first kappa shape index (κ1) is 13.8. The fourth-order valence-electron chi connectivity index (χ4n) is 1.81. The molecular weight excluding hydrogens is 263 g/mol. The first-order valence-corrected chi connectivity index (χ1v) is 6.87. The number of benzene rings is 1. The van der Waals surface area contributed by atoms with Crippen molar-refractivity contribution in [2.24, 2.45) is 7.05 Å². The van der Waals surface area contributed by atoms with Gasteiger partial charge in [0.25, 0.3) is 0 Å². The van der Waals surface area contributed by atoms with E-state index in [4.69, 9.17) is 0 Å². The second-order valence-electron chi connectivity index (χ2n) is 4.46. The smallest absolute Gasteiger partial charge is 0.173 e. The van der Waals surface area contributed by atoms with Crippen molar-refractivity contribution in [1.29, 1.82) is 0 Å². The van der Waals surface area contributed by atoms with Crippen LogP contribution in [0.2, 0.25) is 0 Å². The first-order chi connectivity index (χ1) is 8.99. The Hall–Kier alpha value is -1.62. The average molecular weight is 278 g/mol. The molecule has 0 atom stereocenters. The number of hydrogen-bond donors (Lipinski definition) is 0. The van der Waals surface area contributed by atoms with Crippen molar-refractivity contribution in [2.45, 2.75) is 19.0 Å². The number of carbonyl (C=O) groups excluding carboxylic acids is 1. The molecule has 0 spiro atoms. The molecule has 0 unspecified atom stereocenters. The Morgan fingerprint density at radius 2 is 2.00 bits per heavy atom. The second-order valence-corrected chi connectivity index (χ2v) is 5.40. The number of thioether (sulfide) groups is 1. The third-order valence-electron chi connectivity index (χ3n) is 2.87. The van der Waals surface area contributed by atoms with Crippen molar-refractivity contribution in [3.8, 4) is 0 Å². The van der Waals surface area contributed by atoms with Crippen LogP contribution < -0.4 is 0 Å². The summed E-state index contributed by atoms with van der Waals surface area (Å²) in [7, 11) is 1.88. The van der Waals surface area contributed by atoms with Crippen LogP contribution in [0.15, 0.2) is 29.7 Å². The average Bonchev–Trinajstić information content (AvgIpc) is 2.78. The van der Waals surface area contributed by atoms with Gasteiger partial charge in [-0.25, -0.2) is 9.37 Å². The van der Waals surface area contributed by atoms with Crippen molar-refractivity contribution in [3.63, 3.8) is 0 Å². The minimum Gasteiger partial charge on any atom is -0.329 e. The molecule has 5 heteroatoms. The van der Waals surface area contributed by atoms with Gasteiger partial charge in [0.05, 0.1) is 5.75 Å². The Bertz CT molecular complexity index is 599. The summed E-state index contributed by atoms with van der Waals surface area (Å²) < 4.78 is 15.4. The number of aromatic nitrogens is 2. The summed E-state index contributed by atoms with van der Waals surface area (Å²) in [6, 6.07) is 3.20. The van der Waals surface area contributed by atoms with Gasteiger partial charge < -0.3 is 4.57 Å². The maximum Gasteiger partial charge on any atom is 0.173 e. The van der Waals surface area contributed by atoms with Gasteiger partial charge in [-0.3, -0.25) is 4.79 Å². The topological polar surface area (TPSA) is 34.9 Å². The molecule has 0 aliphatic heterocycles. The van der Waals surface area contributed by atoms with E-state index in [-0.39, 0.29) is 11.6 Å². The van der Waals surface area contributed by atoms with Crippen LogP contribution in [-0.2, 0) is 7.05 Å². The van der Waals surface area contributed by atoms with Gasteiger partial charge in [0.1, 0.15) is 5.82 Å². The van der Waals surface area contributed by atoms with Crippen molar-refractivity contribution >= 4 is 17.5 Å². The molecule has 0 aliphatic rings. The normalized spacial score (nSPS) is 10.7. The van der Waals surface area contributed by atoms with Crippen LogP contribution in [0.25, 0.3) is 0 Å². The third-order valence-corrected chi connectivity index (χ3v) is 3.93. The second kappa shape index (κ2) is 5.57. The van der Waals surface area contributed by atoms with Gasteiger partial charge in [-0.2, -0.15) is 0 Å². The fourth-order valence-corrected chi connectivity index (χ4v) is 2.64. The quantitative estimate of drug-likeness (QED) is 0.636. The molecule has 1 aromatic carbocycles. The number of halogens is 1. The van der Waals surface area contributed by atoms with Gasteiger partial charge in [0, 0.05) is 25.0 Å². The van der Waals surface area contributed by atoms with Crippen molar-refractivity contribution in [1.82, 2.24) is 9.55 Å². The third kappa shape index (κ3) is 3.04. The molecule has 0 fully saturated rings.